The van der Waals surface area contributed by atoms with Gasteiger partial charge in [-0.2, -0.15) is 0 Å². The Morgan fingerprint density at radius 3 is 2.30 bits per heavy atom. The third-order valence-corrected chi connectivity index (χ3v) is 3.98. The maximum Gasteiger partial charge on any atom is 0.271 e. The quantitative estimate of drug-likeness (QED) is 0.631. The highest BCUT2D eigenvalue weighted by atomic mass is 35.5. The molecule has 0 heterocycles. The molecule has 118 valence electrons. The largest absolute Gasteiger partial charge is 0.271 e. The molecule has 2 aromatic carbocycles. The predicted octanol–water partition coefficient (Wildman–Crippen LogP) is 4.12. The molecule has 0 aliphatic carbocycles. The van der Waals surface area contributed by atoms with Crippen molar-refractivity contribution < 1.29 is 9.59 Å². The van der Waals surface area contributed by atoms with Gasteiger partial charge in [0.25, 0.3) is 11.8 Å². The van der Waals surface area contributed by atoms with Gasteiger partial charge in [0, 0.05) is 6.08 Å². The summed E-state index contributed by atoms with van der Waals surface area (Å²) in [6, 6.07) is 11.6. The van der Waals surface area contributed by atoms with Crippen LogP contribution in [0.4, 0.5) is 0 Å². The molecule has 23 heavy (non-hydrogen) atoms. The Hall–Kier alpha value is -2.01. The molecule has 4 nitrogen and oxygen atoms in total. The second kappa shape index (κ2) is 8.02. The first-order chi connectivity index (χ1) is 11.0. The van der Waals surface area contributed by atoms with Crippen LogP contribution in [0.2, 0.25) is 15.1 Å². The molecule has 0 spiro atoms. The fourth-order valence-electron chi connectivity index (χ4n) is 1.69. The van der Waals surface area contributed by atoms with Gasteiger partial charge in [-0.05, 0) is 29.8 Å². The number of amides is 2. The number of benzene rings is 2. The zero-order chi connectivity index (χ0) is 16.8. The van der Waals surface area contributed by atoms with E-state index in [0.717, 1.165) is 0 Å². The number of carbonyl (C=O) groups is 2. The van der Waals surface area contributed by atoms with Crippen molar-refractivity contribution >= 4 is 52.7 Å². The molecule has 7 heteroatoms. The van der Waals surface area contributed by atoms with Crippen LogP contribution in [-0.4, -0.2) is 11.8 Å². The molecule has 0 aliphatic rings. The van der Waals surface area contributed by atoms with Crippen LogP contribution in [0.25, 0.3) is 6.08 Å². The summed E-state index contributed by atoms with van der Waals surface area (Å²) in [5.41, 5.74) is 5.37. The Kier molecular flexibility index (Phi) is 6.04. The number of hydrazine groups is 1. The maximum atomic E-state index is 11.9. The molecule has 0 atom stereocenters. The highest BCUT2D eigenvalue weighted by Crippen LogP contribution is 2.26. The van der Waals surface area contributed by atoms with Crippen LogP contribution in [0.5, 0.6) is 0 Å². The van der Waals surface area contributed by atoms with E-state index in [1.54, 1.807) is 42.5 Å². The van der Waals surface area contributed by atoms with Gasteiger partial charge < -0.3 is 0 Å². The fraction of sp³-hybridized carbons (Fsp3) is 0. The lowest BCUT2D eigenvalue weighted by molar-refractivity contribution is -0.117. The van der Waals surface area contributed by atoms with Gasteiger partial charge in [0.2, 0.25) is 0 Å². The molecule has 2 N–H and O–H groups in total. The summed E-state index contributed by atoms with van der Waals surface area (Å²) in [4.78, 5) is 23.6. The molecule has 0 unspecified atom stereocenters. The number of halogens is 3. The van der Waals surface area contributed by atoms with Gasteiger partial charge >= 0.3 is 0 Å². The highest BCUT2D eigenvalue weighted by molar-refractivity contribution is 6.42. The molecule has 2 amide bonds. The molecule has 0 bridgehead atoms. The first kappa shape index (κ1) is 17.3. The molecule has 0 aromatic heterocycles. The molecule has 2 rings (SSSR count). The minimum absolute atomic E-state index is 0.260. The van der Waals surface area contributed by atoms with Crippen LogP contribution in [0.1, 0.15) is 15.9 Å². The zero-order valence-electron chi connectivity index (χ0n) is 11.6. The minimum Gasteiger partial charge on any atom is -0.268 e. The summed E-state index contributed by atoms with van der Waals surface area (Å²) < 4.78 is 0. The van der Waals surface area contributed by atoms with Crippen molar-refractivity contribution in [2.45, 2.75) is 0 Å². The van der Waals surface area contributed by atoms with Gasteiger partial charge in [0.15, 0.2) is 0 Å². The number of rotatable bonds is 3. The molecular formula is C16H11Cl3N2O2. The van der Waals surface area contributed by atoms with Crippen LogP contribution in [-0.2, 0) is 4.79 Å². The molecule has 0 fully saturated rings. The van der Waals surface area contributed by atoms with Crippen LogP contribution in [0.15, 0.2) is 48.5 Å². The van der Waals surface area contributed by atoms with Gasteiger partial charge in [-0.25, -0.2) is 0 Å². The van der Waals surface area contributed by atoms with Gasteiger partial charge in [-0.15, -0.1) is 0 Å². The van der Waals surface area contributed by atoms with E-state index < -0.39 is 11.8 Å². The minimum atomic E-state index is -0.526. The summed E-state index contributed by atoms with van der Waals surface area (Å²) in [5, 5.41) is 1.03. The van der Waals surface area contributed by atoms with Crippen molar-refractivity contribution in [2.75, 3.05) is 0 Å². The SMILES string of the molecule is O=C(/C=C/c1cccc(Cl)c1Cl)NNC(=O)c1ccccc1Cl. The van der Waals surface area contributed by atoms with Gasteiger partial charge in [0.1, 0.15) is 0 Å². The summed E-state index contributed by atoms with van der Waals surface area (Å²) in [5.74, 6) is -1.04. The summed E-state index contributed by atoms with van der Waals surface area (Å²) in [6.07, 6.45) is 2.72. The van der Waals surface area contributed by atoms with E-state index in [1.165, 1.54) is 12.2 Å². The molecule has 0 saturated carbocycles. The highest BCUT2D eigenvalue weighted by Gasteiger charge is 2.09. The van der Waals surface area contributed by atoms with E-state index >= 15 is 0 Å². The smallest absolute Gasteiger partial charge is 0.268 e. The Balaban J connectivity index is 1.95. The molecule has 0 radical (unpaired) electrons. The first-order valence-electron chi connectivity index (χ1n) is 6.46. The standard InChI is InChI=1S/C16H11Cl3N2O2/c17-12-6-2-1-5-11(12)16(23)21-20-14(22)9-8-10-4-3-7-13(18)15(10)19/h1-9H,(H,20,22)(H,21,23)/b9-8+. The number of hydrogen-bond donors (Lipinski definition) is 2. The summed E-state index contributed by atoms with van der Waals surface area (Å²) >= 11 is 17.8. The van der Waals surface area contributed by atoms with E-state index in [-0.39, 0.29) is 5.56 Å². The molecule has 0 saturated heterocycles. The average molecular weight is 370 g/mol. The lowest BCUT2D eigenvalue weighted by Crippen LogP contribution is -2.40. The lowest BCUT2D eigenvalue weighted by atomic mass is 10.2. The summed E-state index contributed by atoms with van der Waals surface area (Å²) in [6.45, 7) is 0. The second-order valence-corrected chi connectivity index (χ2v) is 5.59. The van der Waals surface area contributed by atoms with Crippen LogP contribution >= 0.6 is 34.8 Å². The lowest BCUT2D eigenvalue weighted by Gasteiger charge is -2.06. The van der Waals surface area contributed by atoms with Crippen molar-refractivity contribution in [2.24, 2.45) is 0 Å². The normalized spacial score (nSPS) is 10.6. The van der Waals surface area contributed by atoms with E-state index in [9.17, 15) is 9.59 Å². The van der Waals surface area contributed by atoms with Crippen molar-refractivity contribution in [3.63, 3.8) is 0 Å². The number of nitrogens with one attached hydrogen (secondary N) is 2. The average Bonchev–Trinajstić information content (AvgIpc) is 2.54. The Morgan fingerprint density at radius 2 is 1.57 bits per heavy atom. The monoisotopic (exact) mass is 368 g/mol. The third kappa shape index (κ3) is 4.73. The summed E-state index contributed by atoms with van der Waals surface area (Å²) in [7, 11) is 0. The van der Waals surface area contributed by atoms with Crippen molar-refractivity contribution in [3.05, 3.63) is 74.7 Å². The Labute approximate surface area is 148 Å². The van der Waals surface area contributed by atoms with Crippen molar-refractivity contribution in [1.82, 2.24) is 10.9 Å². The third-order valence-electron chi connectivity index (χ3n) is 2.81. The molecular weight excluding hydrogens is 359 g/mol. The first-order valence-corrected chi connectivity index (χ1v) is 7.59. The van der Waals surface area contributed by atoms with Gasteiger partial charge in [0.05, 0.1) is 20.6 Å². The van der Waals surface area contributed by atoms with E-state index in [0.29, 0.717) is 20.6 Å². The van der Waals surface area contributed by atoms with Crippen LogP contribution in [0, 0.1) is 0 Å². The van der Waals surface area contributed by atoms with E-state index in [4.69, 9.17) is 34.8 Å². The zero-order valence-corrected chi connectivity index (χ0v) is 13.9. The molecule has 0 aliphatic heterocycles. The predicted molar refractivity (Wildman–Crippen MR) is 92.6 cm³/mol. The number of hydrogen-bond acceptors (Lipinski definition) is 2. The van der Waals surface area contributed by atoms with E-state index in [1.807, 2.05) is 0 Å². The van der Waals surface area contributed by atoms with Crippen molar-refractivity contribution in [1.29, 1.82) is 0 Å². The fourth-order valence-corrected chi connectivity index (χ4v) is 2.28. The number of carbonyl (C=O) groups excluding carboxylic acids is 2. The Bertz CT molecular complexity index is 776. The van der Waals surface area contributed by atoms with Crippen LogP contribution in [0.3, 0.4) is 0 Å². The van der Waals surface area contributed by atoms with Gasteiger partial charge in [-0.3, -0.25) is 20.4 Å². The Morgan fingerprint density at radius 1 is 0.870 bits per heavy atom. The van der Waals surface area contributed by atoms with Gasteiger partial charge in [-0.1, -0.05) is 59.1 Å². The molecule has 2 aromatic rings. The van der Waals surface area contributed by atoms with E-state index in [2.05, 4.69) is 10.9 Å². The topological polar surface area (TPSA) is 58.2 Å². The van der Waals surface area contributed by atoms with Crippen LogP contribution < -0.4 is 10.9 Å². The second-order valence-electron chi connectivity index (χ2n) is 4.40. The maximum absolute atomic E-state index is 11.9. The van der Waals surface area contributed by atoms with Crippen molar-refractivity contribution in [3.8, 4) is 0 Å².